The molecule has 1 amide bonds. The molecule has 6 heteroatoms. The fraction of sp³-hybridized carbons (Fsp3) is 0.333. The van der Waals surface area contributed by atoms with Crippen molar-refractivity contribution in [2.24, 2.45) is 0 Å². The summed E-state index contributed by atoms with van der Waals surface area (Å²) < 4.78 is 13.7. The van der Waals surface area contributed by atoms with Crippen molar-refractivity contribution >= 4 is 11.6 Å². The molecular weight excluding hydrogens is 342 g/mol. The number of carbonyl (C=O) groups excluding carboxylic acids is 1. The minimum atomic E-state index is -0.212. The molecule has 27 heavy (non-hydrogen) atoms. The molecule has 0 fully saturated rings. The van der Waals surface area contributed by atoms with Gasteiger partial charge in [0.15, 0.2) is 11.5 Å². The van der Waals surface area contributed by atoms with Crippen LogP contribution < -0.4 is 14.8 Å². The molecular formula is C21H23N3O3. The number of benzene rings is 1. The maximum atomic E-state index is 12.3. The number of ether oxygens (including phenoxy) is 2. The van der Waals surface area contributed by atoms with Gasteiger partial charge in [-0.05, 0) is 44.5 Å². The monoisotopic (exact) mass is 365 g/mol. The number of nitrogens with one attached hydrogen (secondary N) is 1. The first-order valence-electron chi connectivity index (χ1n) is 9.09. The standard InChI is InChI=1S/C21H23N3O3/c1-14-7-9-24-13-16(23-18(24)11-14)20(25)22-8-10-26-17-6-4-5-15-12-21(2,3)27-19(15)17/h4-7,9,11,13H,8,10,12H2,1-3H3,(H,22,25). The van der Waals surface area contributed by atoms with Crippen molar-refractivity contribution in [3.8, 4) is 11.5 Å². The summed E-state index contributed by atoms with van der Waals surface area (Å²) in [5.41, 5.74) is 3.20. The van der Waals surface area contributed by atoms with Gasteiger partial charge in [-0.1, -0.05) is 12.1 Å². The lowest BCUT2D eigenvalue weighted by atomic mass is 10.0. The average Bonchev–Trinajstić information content (AvgIpc) is 3.17. The Balaban J connectivity index is 1.34. The largest absolute Gasteiger partial charge is 0.488 e. The second kappa shape index (κ2) is 6.61. The first-order chi connectivity index (χ1) is 12.9. The van der Waals surface area contributed by atoms with Gasteiger partial charge in [0.05, 0.1) is 6.54 Å². The van der Waals surface area contributed by atoms with Gasteiger partial charge in [0.1, 0.15) is 23.5 Å². The lowest BCUT2D eigenvalue weighted by molar-refractivity contribution is 0.0942. The number of amides is 1. The van der Waals surface area contributed by atoms with E-state index in [2.05, 4.69) is 30.2 Å². The zero-order valence-corrected chi connectivity index (χ0v) is 15.8. The number of carbonyl (C=O) groups is 1. The molecule has 0 atom stereocenters. The number of para-hydroxylation sites is 1. The summed E-state index contributed by atoms with van der Waals surface area (Å²) in [6, 6.07) is 9.84. The van der Waals surface area contributed by atoms with Gasteiger partial charge in [-0.2, -0.15) is 0 Å². The number of nitrogens with zero attached hydrogens (tertiary/aromatic N) is 2. The minimum Gasteiger partial charge on any atom is -0.488 e. The lowest BCUT2D eigenvalue weighted by Gasteiger charge is -2.18. The van der Waals surface area contributed by atoms with Gasteiger partial charge in [-0.15, -0.1) is 0 Å². The summed E-state index contributed by atoms with van der Waals surface area (Å²) in [5, 5.41) is 2.85. The van der Waals surface area contributed by atoms with Crippen molar-refractivity contribution in [2.45, 2.75) is 32.8 Å². The summed E-state index contributed by atoms with van der Waals surface area (Å²) in [6.07, 6.45) is 4.49. The maximum absolute atomic E-state index is 12.3. The fourth-order valence-corrected chi connectivity index (χ4v) is 3.31. The number of aromatic nitrogens is 2. The molecule has 6 nitrogen and oxygen atoms in total. The number of pyridine rings is 1. The topological polar surface area (TPSA) is 64.9 Å². The summed E-state index contributed by atoms with van der Waals surface area (Å²) in [6.45, 7) is 6.87. The van der Waals surface area contributed by atoms with Crippen LogP contribution in [0.3, 0.4) is 0 Å². The molecule has 1 aromatic carbocycles. The molecule has 1 aliphatic rings. The number of rotatable bonds is 5. The Hall–Kier alpha value is -3.02. The molecule has 0 unspecified atom stereocenters. The van der Waals surface area contributed by atoms with Crippen molar-refractivity contribution in [1.82, 2.24) is 14.7 Å². The van der Waals surface area contributed by atoms with E-state index in [0.717, 1.165) is 34.7 Å². The van der Waals surface area contributed by atoms with Gasteiger partial charge >= 0.3 is 0 Å². The third-order valence-electron chi connectivity index (χ3n) is 4.55. The van der Waals surface area contributed by atoms with Crippen molar-refractivity contribution < 1.29 is 14.3 Å². The van der Waals surface area contributed by atoms with Gasteiger partial charge in [0, 0.05) is 24.4 Å². The van der Waals surface area contributed by atoms with Crippen molar-refractivity contribution in [3.63, 3.8) is 0 Å². The van der Waals surface area contributed by atoms with E-state index in [1.165, 1.54) is 0 Å². The second-order valence-corrected chi connectivity index (χ2v) is 7.48. The number of aryl methyl sites for hydroxylation is 1. The molecule has 0 bridgehead atoms. The number of hydrogen-bond donors (Lipinski definition) is 1. The average molecular weight is 365 g/mol. The highest BCUT2D eigenvalue weighted by Gasteiger charge is 2.32. The molecule has 1 aliphatic heterocycles. The van der Waals surface area contributed by atoms with Gasteiger partial charge in [-0.25, -0.2) is 4.98 Å². The van der Waals surface area contributed by atoms with Crippen LogP contribution in [0.1, 0.15) is 35.5 Å². The van der Waals surface area contributed by atoms with Gasteiger partial charge in [0.2, 0.25) is 0 Å². The van der Waals surface area contributed by atoms with E-state index in [9.17, 15) is 4.79 Å². The predicted molar refractivity (Wildman–Crippen MR) is 103 cm³/mol. The lowest BCUT2D eigenvalue weighted by Crippen LogP contribution is -2.28. The van der Waals surface area contributed by atoms with Crippen LogP contribution in [0.2, 0.25) is 0 Å². The summed E-state index contributed by atoms with van der Waals surface area (Å²) >= 11 is 0. The Morgan fingerprint density at radius 1 is 1.37 bits per heavy atom. The molecule has 140 valence electrons. The zero-order chi connectivity index (χ0) is 19.0. The van der Waals surface area contributed by atoms with E-state index in [1.807, 2.05) is 41.8 Å². The van der Waals surface area contributed by atoms with Crippen LogP contribution >= 0.6 is 0 Å². The molecule has 2 aromatic heterocycles. The first-order valence-corrected chi connectivity index (χ1v) is 9.09. The summed E-state index contributed by atoms with van der Waals surface area (Å²) in [5.74, 6) is 1.32. The molecule has 0 spiro atoms. The molecule has 4 rings (SSSR count). The fourth-order valence-electron chi connectivity index (χ4n) is 3.31. The third-order valence-corrected chi connectivity index (χ3v) is 4.55. The van der Waals surface area contributed by atoms with E-state index in [4.69, 9.17) is 9.47 Å². The highest BCUT2D eigenvalue weighted by Crippen LogP contribution is 2.41. The van der Waals surface area contributed by atoms with E-state index >= 15 is 0 Å². The van der Waals surface area contributed by atoms with E-state index in [1.54, 1.807) is 6.20 Å². The number of imidazole rings is 1. The quantitative estimate of drug-likeness (QED) is 0.706. The molecule has 1 N–H and O–H groups in total. The summed E-state index contributed by atoms with van der Waals surface area (Å²) in [4.78, 5) is 16.7. The van der Waals surface area contributed by atoms with Crippen LogP contribution in [-0.2, 0) is 6.42 Å². The highest BCUT2D eigenvalue weighted by atomic mass is 16.5. The van der Waals surface area contributed by atoms with Gasteiger partial charge in [0.25, 0.3) is 5.91 Å². The molecule has 3 aromatic rings. The van der Waals surface area contributed by atoms with Crippen LogP contribution in [0.25, 0.3) is 5.65 Å². The van der Waals surface area contributed by atoms with Crippen LogP contribution in [0.15, 0.2) is 42.7 Å². The number of fused-ring (bicyclic) bond motifs is 2. The Morgan fingerprint density at radius 3 is 3.07 bits per heavy atom. The Kier molecular flexibility index (Phi) is 4.26. The van der Waals surface area contributed by atoms with Crippen molar-refractivity contribution in [1.29, 1.82) is 0 Å². The normalized spacial score (nSPS) is 14.6. The van der Waals surface area contributed by atoms with Gasteiger partial charge < -0.3 is 19.2 Å². The summed E-state index contributed by atoms with van der Waals surface area (Å²) in [7, 11) is 0. The molecule has 3 heterocycles. The smallest absolute Gasteiger partial charge is 0.271 e. The van der Waals surface area contributed by atoms with E-state index in [-0.39, 0.29) is 11.5 Å². The maximum Gasteiger partial charge on any atom is 0.271 e. The van der Waals surface area contributed by atoms with Crippen LogP contribution in [0.4, 0.5) is 0 Å². The molecule has 0 saturated heterocycles. The third kappa shape index (κ3) is 3.60. The number of hydrogen-bond acceptors (Lipinski definition) is 4. The molecule has 0 radical (unpaired) electrons. The van der Waals surface area contributed by atoms with Crippen molar-refractivity contribution in [3.05, 3.63) is 59.5 Å². The molecule has 0 saturated carbocycles. The Labute approximate surface area is 158 Å². The van der Waals surface area contributed by atoms with E-state index < -0.39 is 0 Å². The predicted octanol–water partition coefficient (Wildman–Crippen LogP) is 3.17. The Morgan fingerprint density at radius 2 is 2.22 bits per heavy atom. The van der Waals surface area contributed by atoms with Crippen LogP contribution in [-0.4, -0.2) is 34.0 Å². The second-order valence-electron chi connectivity index (χ2n) is 7.48. The Bertz CT molecular complexity index is 1010. The van der Waals surface area contributed by atoms with E-state index in [0.29, 0.717) is 18.8 Å². The van der Waals surface area contributed by atoms with Gasteiger partial charge in [-0.3, -0.25) is 4.79 Å². The van der Waals surface area contributed by atoms with Crippen molar-refractivity contribution in [2.75, 3.05) is 13.2 Å². The SMILES string of the molecule is Cc1ccn2cc(C(=O)NCCOc3cccc4c3OC(C)(C)C4)nc2c1. The minimum absolute atomic E-state index is 0.211. The van der Waals surface area contributed by atoms with Crippen LogP contribution in [0.5, 0.6) is 11.5 Å². The first kappa shape index (κ1) is 17.4. The molecule has 0 aliphatic carbocycles. The highest BCUT2D eigenvalue weighted by molar-refractivity contribution is 5.92. The van der Waals surface area contributed by atoms with Crippen LogP contribution in [0, 0.1) is 6.92 Å². The zero-order valence-electron chi connectivity index (χ0n) is 15.8.